The van der Waals surface area contributed by atoms with Gasteiger partial charge in [-0.25, -0.2) is 0 Å². The van der Waals surface area contributed by atoms with Crippen LogP contribution in [-0.4, -0.2) is 18.3 Å². The number of hydrogen-bond donors (Lipinski definition) is 2. The highest BCUT2D eigenvalue weighted by molar-refractivity contribution is 14.1. The maximum absolute atomic E-state index is 9.07. The molecule has 2 N–H and O–H groups in total. The van der Waals surface area contributed by atoms with Crippen LogP contribution in [0.5, 0.6) is 0 Å². The van der Waals surface area contributed by atoms with Crippen LogP contribution in [0.4, 0.5) is 5.69 Å². The first-order chi connectivity index (χ1) is 6.53. The minimum absolute atomic E-state index is 0.0665. The molecule has 0 spiro atoms. The van der Waals surface area contributed by atoms with Crippen molar-refractivity contribution < 1.29 is 5.11 Å². The van der Waals surface area contributed by atoms with Gasteiger partial charge in [0.15, 0.2) is 0 Å². The summed E-state index contributed by atoms with van der Waals surface area (Å²) in [5.74, 6) is 0. The van der Waals surface area contributed by atoms with Crippen molar-refractivity contribution in [3.63, 3.8) is 0 Å². The summed E-state index contributed by atoms with van der Waals surface area (Å²) in [5.41, 5.74) is 1.04. The Kier molecular flexibility index (Phi) is 4.19. The number of benzene rings is 1. The Balaban J connectivity index is 2.50. The molecule has 0 aliphatic heterocycles. The van der Waals surface area contributed by atoms with Gasteiger partial charge in [0.2, 0.25) is 0 Å². The normalized spacial score (nSPS) is 11.4. The number of nitrogens with one attached hydrogen (secondary N) is 1. The molecule has 0 heterocycles. The molecule has 1 aromatic carbocycles. The fraction of sp³-hybridized carbons (Fsp3) is 0.455. The maximum atomic E-state index is 9.07. The van der Waals surface area contributed by atoms with E-state index in [2.05, 4.69) is 52.2 Å². The average Bonchev–Trinajstić information content (AvgIpc) is 2.17. The molecule has 0 aliphatic rings. The summed E-state index contributed by atoms with van der Waals surface area (Å²) < 4.78 is 1.23. The minimum atomic E-state index is -0.0665. The Morgan fingerprint density at radius 3 is 2.36 bits per heavy atom. The molecule has 0 saturated carbocycles. The van der Waals surface area contributed by atoms with Crippen LogP contribution >= 0.6 is 22.6 Å². The van der Waals surface area contributed by atoms with Crippen LogP contribution in [-0.2, 0) is 0 Å². The van der Waals surface area contributed by atoms with Crippen molar-refractivity contribution in [3.05, 3.63) is 27.8 Å². The summed E-state index contributed by atoms with van der Waals surface area (Å²) in [5, 5.41) is 12.4. The van der Waals surface area contributed by atoms with Crippen LogP contribution in [0.3, 0.4) is 0 Å². The Morgan fingerprint density at radius 1 is 1.29 bits per heavy atom. The molecule has 3 heteroatoms. The number of aliphatic hydroxyl groups is 1. The van der Waals surface area contributed by atoms with Gasteiger partial charge < -0.3 is 10.4 Å². The highest BCUT2D eigenvalue weighted by Gasteiger charge is 2.15. The first-order valence-corrected chi connectivity index (χ1v) is 5.72. The number of rotatable bonds is 4. The van der Waals surface area contributed by atoms with Crippen molar-refractivity contribution in [2.75, 3.05) is 18.5 Å². The first-order valence-electron chi connectivity index (χ1n) is 4.64. The molecular weight excluding hydrogens is 289 g/mol. The largest absolute Gasteiger partial charge is 0.396 e. The van der Waals surface area contributed by atoms with Gasteiger partial charge in [0.05, 0.1) is 0 Å². The Morgan fingerprint density at radius 2 is 1.86 bits per heavy atom. The highest BCUT2D eigenvalue weighted by atomic mass is 127. The lowest BCUT2D eigenvalue weighted by Gasteiger charge is -2.22. The van der Waals surface area contributed by atoms with Gasteiger partial charge in [0.25, 0.3) is 0 Å². The minimum Gasteiger partial charge on any atom is -0.396 e. The van der Waals surface area contributed by atoms with E-state index in [9.17, 15) is 0 Å². The molecule has 0 aliphatic carbocycles. The van der Waals surface area contributed by atoms with Crippen LogP contribution in [0.2, 0.25) is 0 Å². The van der Waals surface area contributed by atoms with Crippen molar-refractivity contribution in [3.8, 4) is 0 Å². The van der Waals surface area contributed by atoms with E-state index in [1.807, 2.05) is 13.8 Å². The lowest BCUT2D eigenvalue weighted by atomic mass is 9.95. The first kappa shape index (κ1) is 11.8. The monoisotopic (exact) mass is 305 g/mol. The lowest BCUT2D eigenvalue weighted by molar-refractivity contribution is 0.171. The van der Waals surface area contributed by atoms with Gasteiger partial charge in [-0.3, -0.25) is 0 Å². The summed E-state index contributed by atoms with van der Waals surface area (Å²) in [4.78, 5) is 0. The zero-order valence-electron chi connectivity index (χ0n) is 8.55. The van der Waals surface area contributed by atoms with Crippen LogP contribution < -0.4 is 5.32 Å². The van der Waals surface area contributed by atoms with Gasteiger partial charge in [-0.1, -0.05) is 13.8 Å². The fourth-order valence-electron chi connectivity index (χ4n) is 0.965. The predicted octanol–water partition coefficient (Wildman–Crippen LogP) is 2.72. The predicted molar refractivity (Wildman–Crippen MR) is 68.5 cm³/mol. The number of halogens is 1. The molecular formula is C11H16INO. The summed E-state index contributed by atoms with van der Waals surface area (Å²) in [6.45, 7) is 5.05. The third kappa shape index (κ3) is 3.84. The van der Waals surface area contributed by atoms with Crippen molar-refractivity contribution in [1.29, 1.82) is 0 Å². The van der Waals surface area contributed by atoms with E-state index in [0.717, 1.165) is 12.2 Å². The molecule has 0 radical (unpaired) electrons. The van der Waals surface area contributed by atoms with E-state index < -0.39 is 0 Å². The second kappa shape index (κ2) is 4.98. The number of hydrogen-bond acceptors (Lipinski definition) is 2. The van der Waals surface area contributed by atoms with Crippen LogP contribution in [0.15, 0.2) is 24.3 Å². The third-order valence-corrected chi connectivity index (χ3v) is 2.76. The SMILES string of the molecule is CC(C)(CO)CNc1ccc(I)cc1. The van der Waals surface area contributed by atoms with Crippen molar-refractivity contribution in [1.82, 2.24) is 0 Å². The van der Waals surface area contributed by atoms with E-state index >= 15 is 0 Å². The Labute approximate surface area is 98.9 Å². The standard InChI is InChI=1S/C11H16INO/c1-11(2,8-14)7-13-10-5-3-9(12)4-6-10/h3-6,13-14H,7-8H2,1-2H3. The number of anilines is 1. The van der Waals surface area contributed by atoms with E-state index in [4.69, 9.17) is 5.11 Å². The molecule has 1 rings (SSSR count). The van der Waals surface area contributed by atoms with Crippen LogP contribution in [0.25, 0.3) is 0 Å². The topological polar surface area (TPSA) is 32.3 Å². The summed E-state index contributed by atoms with van der Waals surface area (Å²) in [7, 11) is 0. The van der Waals surface area contributed by atoms with Gasteiger partial charge in [-0.15, -0.1) is 0 Å². The Hall–Kier alpha value is -0.290. The molecule has 0 amide bonds. The summed E-state index contributed by atoms with van der Waals surface area (Å²) in [6, 6.07) is 8.23. The molecule has 0 unspecified atom stereocenters. The second-order valence-electron chi connectivity index (χ2n) is 4.18. The van der Waals surface area contributed by atoms with Gasteiger partial charge >= 0.3 is 0 Å². The molecule has 0 atom stereocenters. The third-order valence-electron chi connectivity index (χ3n) is 2.04. The van der Waals surface area contributed by atoms with Crippen LogP contribution in [0.1, 0.15) is 13.8 Å². The molecule has 0 saturated heterocycles. The molecule has 2 nitrogen and oxygen atoms in total. The van der Waals surface area contributed by atoms with Crippen molar-refractivity contribution in [2.24, 2.45) is 5.41 Å². The zero-order valence-corrected chi connectivity index (χ0v) is 10.7. The Bertz CT molecular complexity index is 282. The summed E-state index contributed by atoms with van der Waals surface area (Å²) in [6.07, 6.45) is 0. The van der Waals surface area contributed by atoms with Gasteiger partial charge in [-0.2, -0.15) is 0 Å². The van der Waals surface area contributed by atoms with E-state index in [1.54, 1.807) is 0 Å². The van der Waals surface area contributed by atoms with Crippen molar-refractivity contribution >= 4 is 28.3 Å². The van der Waals surface area contributed by atoms with Gasteiger partial charge in [0, 0.05) is 27.8 Å². The smallest absolute Gasteiger partial charge is 0.0498 e. The molecule has 0 bridgehead atoms. The quantitative estimate of drug-likeness (QED) is 0.838. The summed E-state index contributed by atoms with van der Waals surface area (Å²) >= 11 is 2.28. The maximum Gasteiger partial charge on any atom is 0.0498 e. The van der Waals surface area contributed by atoms with E-state index in [1.165, 1.54) is 3.57 Å². The van der Waals surface area contributed by atoms with Gasteiger partial charge in [-0.05, 0) is 46.9 Å². The number of aliphatic hydroxyl groups excluding tert-OH is 1. The van der Waals surface area contributed by atoms with Crippen molar-refractivity contribution in [2.45, 2.75) is 13.8 Å². The second-order valence-corrected chi connectivity index (χ2v) is 5.43. The molecule has 78 valence electrons. The molecule has 0 fully saturated rings. The zero-order chi connectivity index (χ0) is 10.6. The van der Waals surface area contributed by atoms with Gasteiger partial charge in [0.1, 0.15) is 0 Å². The highest BCUT2D eigenvalue weighted by Crippen LogP contribution is 2.16. The lowest BCUT2D eigenvalue weighted by Crippen LogP contribution is -2.26. The molecule has 14 heavy (non-hydrogen) atoms. The molecule has 1 aromatic rings. The molecule has 0 aromatic heterocycles. The van der Waals surface area contributed by atoms with E-state index in [-0.39, 0.29) is 12.0 Å². The van der Waals surface area contributed by atoms with Crippen LogP contribution in [0, 0.1) is 8.99 Å². The van der Waals surface area contributed by atoms with E-state index in [0.29, 0.717) is 0 Å². The fourth-order valence-corrected chi connectivity index (χ4v) is 1.32. The average molecular weight is 305 g/mol.